The number of nitrogens with two attached hydrogens (primary N) is 1. The number of pyridine rings is 1. The van der Waals surface area contributed by atoms with Crippen molar-refractivity contribution in [2.45, 2.75) is 46.1 Å². The fraction of sp³-hybridized carbons (Fsp3) is 0.379. The van der Waals surface area contributed by atoms with Gasteiger partial charge in [-0.3, -0.25) is 4.79 Å². The lowest BCUT2D eigenvalue weighted by Crippen LogP contribution is -2.38. The number of carbonyl (C=O) groups is 1. The van der Waals surface area contributed by atoms with Gasteiger partial charge in [-0.25, -0.2) is 0 Å². The van der Waals surface area contributed by atoms with Crippen LogP contribution >= 0.6 is 0 Å². The van der Waals surface area contributed by atoms with E-state index in [0.29, 0.717) is 19.5 Å². The zero-order valence-electron chi connectivity index (χ0n) is 21.0. The highest BCUT2D eigenvalue weighted by Gasteiger charge is 2.14. The number of phenolic OH excluding ortho intramolecular Hbond substituents is 1. The van der Waals surface area contributed by atoms with E-state index in [1.165, 1.54) is 10.9 Å². The molecular formula is C29H39N4O2+. The lowest BCUT2D eigenvalue weighted by molar-refractivity contribution is -0.673. The molecule has 6 nitrogen and oxygen atoms in total. The van der Waals surface area contributed by atoms with Gasteiger partial charge in [0.05, 0.1) is 0 Å². The van der Waals surface area contributed by atoms with Crippen LogP contribution in [0.25, 0.3) is 23.1 Å². The van der Waals surface area contributed by atoms with E-state index in [4.69, 9.17) is 5.73 Å². The van der Waals surface area contributed by atoms with E-state index in [0.717, 1.165) is 55.8 Å². The van der Waals surface area contributed by atoms with E-state index >= 15 is 0 Å². The summed E-state index contributed by atoms with van der Waals surface area (Å²) in [5.41, 5.74) is 9.52. The monoisotopic (exact) mass is 475 g/mol. The Hall–Kier alpha value is -3.38. The van der Waals surface area contributed by atoms with E-state index in [1.807, 2.05) is 18.2 Å². The molecule has 0 aliphatic rings. The number of phenols is 1. The molecule has 0 bridgehead atoms. The Bertz CT molecular complexity index is 1140. The Morgan fingerprint density at radius 3 is 2.57 bits per heavy atom. The van der Waals surface area contributed by atoms with Gasteiger partial charge in [-0.1, -0.05) is 12.1 Å². The zero-order valence-corrected chi connectivity index (χ0v) is 21.0. The number of fused-ring (bicyclic) bond motifs is 1. The first-order valence-corrected chi connectivity index (χ1v) is 12.7. The van der Waals surface area contributed by atoms with E-state index in [1.54, 1.807) is 0 Å². The molecule has 0 atom stereocenters. The molecule has 2 aromatic carbocycles. The summed E-state index contributed by atoms with van der Waals surface area (Å²) in [7, 11) is 0. The van der Waals surface area contributed by atoms with Crippen LogP contribution in [0, 0.1) is 0 Å². The summed E-state index contributed by atoms with van der Waals surface area (Å²) < 4.78 is 2.32. The van der Waals surface area contributed by atoms with Crippen LogP contribution in [0.1, 0.15) is 50.8 Å². The smallest absolute Gasteiger partial charge is 0.220 e. The highest BCUT2D eigenvalue weighted by molar-refractivity contribution is 5.78. The Morgan fingerprint density at radius 1 is 1.03 bits per heavy atom. The number of unbranched alkanes of at least 4 members (excludes halogenated alkanes) is 2. The van der Waals surface area contributed by atoms with Gasteiger partial charge in [0.25, 0.3) is 0 Å². The Balaban J connectivity index is 1.74. The summed E-state index contributed by atoms with van der Waals surface area (Å²) in [6.45, 7) is 7.90. The number of amides is 1. The number of hydrogen-bond donors (Lipinski definition) is 3. The van der Waals surface area contributed by atoms with Crippen LogP contribution in [-0.4, -0.2) is 37.2 Å². The summed E-state index contributed by atoms with van der Waals surface area (Å²) in [6.07, 6.45) is 7.40. The minimum Gasteiger partial charge on any atom is -0.507 e. The number of nitrogens with zero attached hydrogens (tertiary/aromatic N) is 2. The lowest BCUT2D eigenvalue weighted by atomic mass is 10.1. The minimum atomic E-state index is 0.0729. The molecule has 0 radical (unpaired) electrons. The minimum absolute atomic E-state index is 0.0729. The van der Waals surface area contributed by atoms with Gasteiger partial charge in [0.2, 0.25) is 17.1 Å². The second-order valence-corrected chi connectivity index (χ2v) is 8.67. The molecule has 0 saturated heterocycles. The van der Waals surface area contributed by atoms with Crippen LogP contribution in [-0.2, 0) is 11.3 Å². The Morgan fingerprint density at radius 2 is 1.83 bits per heavy atom. The maximum Gasteiger partial charge on any atom is 0.220 e. The van der Waals surface area contributed by atoms with Gasteiger partial charge in [-0.2, -0.15) is 4.57 Å². The number of benzene rings is 2. The van der Waals surface area contributed by atoms with E-state index in [-0.39, 0.29) is 11.7 Å². The number of para-hydroxylation sites is 1. The van der Waals surface area contributed by atoms with Gasteiger partial charge >= 0.3 is 0 Å². The molecule has 1 heterocycles. The first-order valence-electron chi connectivity index (χ1n) is 12.7. The Kier molecular flexibility index (Phi) is 10.1. The van der Waals surface area contributed by atoms with Crippen molar-refractivity contribution in [3.05, 3.63) is 65.9 Å². The largest absolute Gasteiger partial charge is 0.507 e. The van der Waals surface area contributed by atoms with E-state index in [9.17, 15) is 9.90 Å². The van der Waals surface area contributed by atoms with Crippen molar-refractivity contribution in [1.29, 1.82) is 0 Å². The average molecular weight is 476 g/mol. The van der Waals surface area contributed by atoms with Crippen LogP contribution in [0.3, 0.4) is 0 Å². The molecule has 1 amide bonds. The number of aromatic nitrogens is 1. The topological polar surface area (TPSA) is 82.5 Å². The zero-order chi connectivity index (χ0) is 25.0. The number of aryl methyl sites for hydroxylation is 1. The molecule has 0 unspecified atom stereocenters. The summed E-state index contributed by atoms with van der Waals surface area (Å²) in [5.74, 6) is 0.356. The summed E-state index contributed by atoms with van der Waals surface area (Å²) >= 11 is 0. The van der Waals surface area contributed by atoms with Gasteiger partial charge in [-0.15, -0.1) is 0 Å². The van der Waals surface area contributed by atoms with Crippen molar-refractivity contribution in [2.75, 3.05) is 31.1 Å². The molecule has 1 aromatic heterocycles. The van der Waals surface area contributed by atoms with Crippen molar-refractivity contribution >= 4 is 34.6 Å². The maximum atomic E-state index is 11.8. The number of rotatable bonds is 13. The third kappa shape index (κ3) is 7.30. The molecule has 0 aliphatic heterocycles. The predicted octanol–water partition coefficient (Wildman–Crippen LogP) is 4.48. The first kappa shape index (κ1) is 26.2. The van der Waals surface area contributed by atoms with Gasteiger partial charge in [0, 0.05) is 79.9 Å². The lowest BCUT2D eigenvalue weighted by Gasteiger charge is -2.21. The number of anilines is 1. The predicted molar refractivity (Wildman–Crippen MR) is 145 cm³/mol. The van der Waals surface area contributed by atoms with Crippen LogP contribution in [0.2, 0.25) is 0 Å². The molecule has 0 fully saturated rings. The van der Waals surface area contributed by atoms with Crippen LogP contribution < -0.4 is 20.5 Å². The molecule has 0 aliphatic carbocycles. The third-order valence-electron chi connectivity index (χ3n) is 6.30. The number of nitrogens with one attached hydrogen (secondary N) is 1. The number of hydrogen-bond acceptors (Lipinski definition) is 4. The second kappa shape index (κ2) is 13.5. The molecule has 0 saturated carbocycles. The molecule has 6 heteroatoms. The normalized spacial score (nSPS) is 11.3. The highest BCUT2D eigenvalue weighted by atomic mass is 16.3. The second-order valence-electron chi connectivity index (χ2n) is 8.67. The van der Waals surface area contributed by atoms with Crippen molar-refractivity contribution in [1.82, 2.24) is 5.32 Å². The highest BCUT2D eigenvalue weighted by Crippen LogP contribution is 2.26. The maximum absolute atomic E-state index is 11.8. The molecule has 3 aromatic rings. The Labute approximate surface area is 209 Å². The fourth-order valence-electron chi connectivity index (χ4n) is 4.34. The van der Waals surface area contributed by atoms with Crippen molar-refractivity contribution in [3.8, 4) is 5.75 Å². The van der Waals surface area contributed by atoms with Crippen molar-refractivity contribution in [2.24, 2.45) is 5.73 Å². The summed E-state index contributed by atoms with van der Waals surface area (Å²) in [6, 6.07) is 18.5. The van der Waals surface area contributed by atoms with Crippen LogP contribution in [0.4, 0.5) is 5.69 Å². The summed E-state index contributed by atoms with van der Waals surface area (Å²) in [5, 5.41) is 14.6. The quantitative estimate of drug-likeness (QED) is 0.251. The van der Waals surface area contributed by atoms with Gasteiger partial charge in [-0.05, 0) is 57.0 Å². The van der Waals surface area contributed by atoms with Crippen LogP contribution in [0.15, 0.2) is 54.6 Å². The fourth-order valence-corrected chi connectivity index (χ4v) is 4.34. The van der Waals surface area contributed by atoms with Crippen molar-refractivity contribution in [3.63, 3.8) is 0 Å². The molecule has 35 heavy (non-hydrogen) atoms. The van der Waals surface area contributed by atoms with Gasteiger partial charge in [0.15, 0.2) is 0 Å². The molecule has 186 valence electrons. The number of aromatic hydroxyl groups is 1. The van der Waals surface area contributed by atoms with Crippen molar-refractivity contribution < 1.29 is 14.5 Å². The molecule has 3 rings (SSSR count). The number of carbonyl (C=O) groups excluding carboxylic acids is 1. The van der Waals surface area contributed by atoms with Gasteiger partial charge < -0.3 is 21.1 Å². The van der Waals surface area contributed by atoms with E-state index < -0.39 is 0 Å². The van der Waals surface area contributed by atoms with Crippen LogP contribution in [0.5, 0.6) is 5.75 Å². The van der Waals surface area contributed by atoms with E-state index in [2.05, 4.69) is 77.2 Å². The average Bonchev–Trinajstić information content (AvgIpc) is 2.88. The molecule has 4 N–H and O–H groups in total. The standard InChI is InChI=1S/C29H38N4O2/c1-3-32(4-2)26-18-15-24(28(34)22-26)14-17-25-16-13-23-10-7-8-11-27(23)33(25)21-9-5-6-12-29(35)31-20-19-30/h7-8,10-11,13-18,22H,3-6,9,12,19-21,30H2,1-2H3,(H,31,35)/p+1. The SMILES string of the molecule is CCN(CC)c1ccc(/C=C/c2ccc3ccccc3[n+]2CCCCCC(=O)NCCN)c(O)c1. The first-order chi connectivity index (χ1) is 17.1. The molecular weight excluding hydrogens is 436 g/mol. The van der Waals surface area contributed by atoms with Gasteiger partial charge in [0.1, 0.15) is 12.3 Å². The molecule has 0 spiro atoms. The summed E-state index contributed by atoms with van der Waals surface area (Å²) in [4.78, 5) is 14.0. The third-order valence-corrected chi connectivity index (χ3v) is 6.30.